The van der Waals surface area contributed by atoms with E-state index in [4.69, 9.17) is 9.94 Å². The van der Waals surface area contributed by atoms with Crippen molar-refractivity contribution < 1.29 is 19.5 Å². The highest BCUT2D eigenvalue weighted by Gasteiger charge is 2.14. The Bertz CT molecular complexity index is 666. The van der Waals surface area contributed by atoms with Crippen LogP contribution >= 0.6 is 0 Å². The fourth-order valence-electron chi connectivity index (χ4n) is 2.08. The summed E-state index contributed by atoms with van der Waals surface area (Å²) in [5, 5.41) is 11.5. The number of hydroxylamine groups is 1. The minimum atomic E-state index is -0.591. The van der Waals surface area contributed by atoms with E-state index < -0.39 is 11.9 Å². The Kier molecular flexibility index (Phi) is 9.42. The molecule has 0 aliphatic rings. The van der Waals surface area contributed by atoms with Crippen molar-refractivity contribution in [1.82, 2.24) is 10.8 Å². The first-order chi connectivity index (χ1) is 12.5. The van der Waals surface area contributed by atoms with Crippen molar-refractivity contribution in [2.24, 2.45) is 4.99 Å². The summed E-state index contributed by atoms with van der Waals surface area (Å²) in [6.07, 6.45) is 5.88. The summed E-state index contributed by atoms with van der Waals surface area (Å²) < 4.78 is 4.73. The number of carbonyl (C=O) groups is 2. The van der Waals surface area contributed by atoms with Gasteiger partial charge in [0.15, 0.2) is 0 Å². The fraction of sp³-hybridized carbons (Fsp3) is 0.316. The summed E-state index contributed by atoms with van der Waals surface area (Å²) in [6, 6.07) is 7.01. The van der Waals surface area contributed by atoms with Gasteiger partial charge < -0.3 is 10.1 Å². The van der Waals surface area contributed by atoms with Gasteiger partial charge in [0.25, 0.3) is 5.91 Å². The quantitative estimate of drug-likeness (QED) is 0.0913. The monoisotopic (exact) mass is 359 g/mol. The molecule has 1 aromatic carbocycles. The Morgan fingerprint density at radius 1 is 1.35 bits per heavy atom. The normalized spacial score (nSPS) is 12.5. The van der Waals surface area contributed by atoms with E-state index >= 15 is 0 Å². The maximum Gasteiger partial charge on any atom is 0.328 e. The summed E-state index contributed by atoms with van der Waals surface area (Å²) in [6.45, 7) is 5.97. The fourth-order valence-corrected chi connectivity index (χ4v) is 2.08. The number of nitrogens with zero attached hydrogens (tertiary/aromatic N) is 1. The van der Waals surface area contributed by atoms with Gasteiger partial charge in [-0.2, -0.15) is 0 Å². The average molecular weight is 359 g/mol. The van der Waals surface area contributed by atoms with Gasteiger partial charge >= 0.3 is 5.97 Å². The lowest BCUT2D eigenvalue weighted by Crippen LogP contribution is -2.40. The number of carbonyl (C=O) groups excluding carboxylic acids is 2. The van der Waals surface area contributed by atoms with Crippen LogP contribution in [-0.2, 0) is 20.7 Å². The minimum Gasteiger partial charge on any atom is -0.467 e. The van der Waals surface area contributed by atoms with E-state index in [9.17, 15) is 9.59 Å². The van der Waals surface area contributed by atoms with Gasteiger partial charge in [-0.15, -0.1) is 6.58 Å². The molecule has 0 radical (unpaired) electrons. The van der Waals surface area contributed by atoms with Gasteiger partial charge in [0.1, 0.15) is 11.9 Å². The summed E-state index contributed by atoms with van der Waals surface area (Å²) in [7, 11) is 1.35. The zero-order valence-electron chi connectivity index (χ0n) is 15.1. The molecule has 0 fully saturated rings. The van der Waals surface area contributed by atoms with E-state index in [-0.39, 0.29) is 5.97 Å². The molecule has 0 aliphatic carbocycles. The third-order valence-electron chi connectivity index (χ3n) is 3.46. The molecule has 7 nitrogen and oxygen atoms in total. The lowest BCUT2D eigenvalue weighted by atomic mass is 10.1. The zero-order chi connectivity index (χ0) is 19.4. The Hall–Kier alpha value is -2.93. The molecule has 0 saturated carbocycles. The molecular formula is C19H25N3O4. The Labute approximate surface area is 153 Å². The number of esters is 1. The number of amides is 1. The van der Waals surface area contributed by atoms with E-state index in [0.29, 0.717) is 18.8 Å². The van der Waals surface area contributed by atoms with Crippen LogP contribution in [0.2, 0.25) is 0 Å². The molecule has 0 spiro atoms. The molecular weight excluding hydrogens is 334 g/mol. The van der Waals surface area contributed by atoms with Gasteiger partial charge in [-0.05, 0) is 30.5 Å². The first-order valence-electron chi connectivity index (χ1n) is 8.19. The maximum atomic E-state index is 11.6. The van der Waals surface area contributed by atoms with Gasteiger partial charge in [0.2, 0.25) is 0 Å². The van der Waals surface area contributed by atoms with Gasteiger partial charge in [-0.25, -0.2) is 10.3 Å². The van der Waals surface area contributed by atoms with Gasteiger partial charge in [0.05, 0.1) is 7.11 Å². The number of nitrogens with one attached hydrogen (secondary N) is 2. The zero-order valence-corrected chi connectivity index (χ0v) is 15.1. The van der Waals surface area contributed by atoms with E-state index in [1.807, 2.05) is 24.3 Å². The summed E-state index contributed by atoms with van der Waals surface area (Å²) in [5.74, 6) is -0.261. The van der Waals surface area contributed by atoms with Crippen molar-refractivity contribution in [1.29, 1.82) is 0 Å². The molecule has 0 aromatic heterocycles. The van der Waals surface area contributed by atoms with E-state index in [0.717, 1.165) is 17.5 Å². The number of hydrogen-bond donors (Lipinski definition) is 3. The minimum absolute atomic E-state index is 0.357. The number of hydrogen-bond acceptors (Lipinski definition) is 5. The molecule has 0 bridgehead atoms. The van der Waals surface area contributed by atoms with Gasteiger partial charge in [-0.1, -0.05) is 30.3 Å². The predicted octanol–water partition coefficient (Wildman–Crippen LogP) is 1.87. The third-order valence-corrected chi connectivity index (χ3v) is 3.46. The maximum absolute atomic E-state index is 11.6. The lowest BCUT2D eigenvalue weighted by molar-refractivity contribution is -0.142. The molecule has 3 N–H and O–H groups in total. The molecule has 1 unspecified atom stereocenters. The van der Waals surface area contributed by atoms with Crippen molar-refractivity contribution in [3.8, 4) is 0 Å². The van der Waals surface area contributed by atoms with E-state index in [1.54, 1.807) is 19.1 Å². The first-order valence-corrected chi connectivity index (χ1v) is 8.19. The van der Waals surface area contributed by atoms with Crippen LogP contribution in [0.25, 0.3) is 6.08 Å². The van der Waals surface area contributed by atoms with Gasteiger partial charge in [-0.3, -0.25) is 15.0 Å². The number of rotatable bonds is 9. The van der Waals surface area contributed by atoms with Crippen molar-refractivity contribution >= 4 is 23.8 Å². The van der Waals surface area contributed by atoms with Crippen molar-refractivity contribution in [2.75, 3.05) is 13.7 Å². The van der Waals surface area contributed by atoms with Crippen LogP contribution < -0.4 is 10.8 Å². The van der Waals surface area contributed by atoms with Crippen LogP contribution in [0, 0.1) is 0 Å². The number of benzene rings is 1. The van der Waals surface area contributed by atoms with Crippen LogP contribution in [0.15, 0.2) is 48.0 Å². The van der Waals surface area contributed by atoms with Crippen LogP contribution in [0.3, 0.4) is 0 Å². The number of methoxy groups -OCH3 is 1. The summed E-state index contributed by atoms with van der Waals surface area (Å²) >= 11 is 0. The first kappa shape index (κ1) is 21.1. The van der Waals surface area contributed by atoms with Crippen LogP contribution in [0.5, 0.6) is 0 Å². The Balaban J connectivity index is 2.81. The summed E-state index contributed by atoms with van der Waals surface area (Å²) in [4.78, 5) is 27.1. The van der Waals surface area contributed by atoms with E-state index in [2.05, 4.69) is 16.9 Å². The smallest absolute Gasteiger partial charge is 0.328 e. The SMILES string of the molecule is C=CCCN=C(Cc1ccc(/C=C/C(=O)NO)cc1)NC(C)C(=O)OC. The third kappa shape index (κ3) is 7.76. The van der Waals surface area contributed by atoms with Crippen molar-refractivity contribution in [3.05, 3.63) is 54.1 Å². The number of ether oxygens (including phenoxy) is 1. The topological polar surface area (TPSA) is 100 Å². The molecule has 140 valence electrons. The van der Waals surface area contributed by atoms with Crippen LogP contribution in [-0.4, -0.2) is 42.6 Å². The average Bonchev–Trinajstić information content (AvgIpc) is 2.66. The Morgan fingerprint density at radius 3 is 2.62 bits per heavy atom. The second-order valence-corrected chi connectivity index (χ2v) is 5.52. The van der Waals surface area contributed by atoms with Crippen LogP contribution in [0.1, 0.15) is 24.5 Å². The molecule has 0 heterocycles. The van der Waals surface area contributed by atoms with Crippen molar-refractivity contribution in [2.45, 2.75) is 25.8 Å². The second kappa shape index (κ2) is 11.6. The second-order valence-electron chi connectivity index (χ2n) is 5.52. The molecule has 1 aromatic rings. The van der Waals surface area contributed by atoms with Crippen molar-refractivity contribution in [3.63, 3.8) is 0 Å². The molecule has 26 heavy (non-hydrogen) atoms. The highest BCUT2D eigenvalue weighted by atomic mass is 16.5. The standard InChI is InChI=1S/C19H25N3O4/c1-4-5-12-20-17(21-14(2)19(24)26-3)13-16-8-6-15(7-9-16)10-11-18(23)22-25/h4,6-11,14,25H,1,5,12-13H2,2-3H3,(H,20,21)(H,22,23)/b11-10+. The molecule has 0 saturated heterocycles. The highest BCUT2D eigenvalue weighted by molar-refractivity contribution is 5.91. The van der Waals surface area contributed by atoms with E-state index in [1.165, 1.54) is 18.7 Å². The highest BCUT2D eigenvalue weighted by Crippen LogP contribution is 2.08. The predicted molar refractivity (Wildman–Crippen MR) is 101 cm³/mol. The molecule has 1 rings (SSSR count). The molecule has 0 aliphatic heterocycles. The molecule has 1 amide bonds. The Morgan fingerprint density at radius 2 is 2.04 bits per heavy atom. The van der Waals surface area contributed by atoms with Crippen LogP contribution in [0.4, 0.5) is 0 Å². The lowest BCUT2D eigenvalue weighted by Gasteiger charge is -2.15. The number of aliphatic imine (C=N–C) groups is 1. The van der Waals surface area contributed by atoms with Gasteiger partial charge in [0, 0.05) is 19.0 Å². The molecule has 7 heteroatoms. The largest absolute Gasteiger partial charge is 0.467 e. The molecule has 1 atom stereocenters. The number of amidine groups is 1. The summed E-state index contributed by atoms with van der Waals surface area (Å²) in [5.41, 5.74) is 3.35.